The van der Waals surface area contributed by atoms with Crippen molar-refractivity contribution in [3.63, 3.8) is 0 Å². The summed E-state index contributed by atoms with van der Waals surface area (Å²) in [5, 5.41) is 23.6. The van der Waals surface area contributed by atoms with E-state index in [0.717, 1.165) is 11.1 Å². The fourth-order valence-corrected chi connectivity index (χ4v) is 4.03. The van der Waals surface area contributed by atoms with Crippen LogP contribution in [0, 0.1) is 20.2 Å². The Kier molecular flexibility index (Phi) is 6.54. The highest BCUT2D eigenvalue weighted by Gasteiger charge is 2.27. The minimum atomic E-state index is -0.507. The molecule has 4 aromatic carbocycles. The number of nitro groups is 2. The van der Waals surface area contributed by atoms with Gasteiger partial charge in [-0.1, -0.05) is 84.9 Å². The predicted molar refractivity (Wildman–Crippen MR) is 128 cm³/mol. The highest BCUT2D eigenvalue weighted by atomic mass is 16.6. The molecule has 4 aromatic rings. The summed E-state index contributed by atoms with van der Waals surface area (Å²) in [5.74, 6) is -0.482. The molecule has 0 radical (unpaired) electrons. The molecular formula is C27H20N2O5. The van der Waals surface area contributed by atoms with Gasteiger partial charge in [-0.15, -0.1) is 0 Å². The number of nitro benzene ring substituents is 2. The number of hydrogen-bond acceptors (Lipinski definition) is 5. The molecule has 0 heterocycles. The largest absolute Gasteiger partial charge is 0.289 e. The van der Waals surface area contributed by atoms with Crippen molar-refractivity contribution in [1.82, 2.24) is 0 Å². The Hall–Kier alpha value is -4.65. The lowest BCUT2D eigenvalue weighted by Crippen LogP contribution is -2.12. The van der Waals surface area contributed by atoms with Crippen LogP contribution < -0.4 is 0 Å². The molecule has 0 saturated heterocycles. The Morgan fingerprint density at radius 1 is 0.559 bits per heavy atom. The van der Waals surface area contributed by atoms with Gasteiger partial charge in [-0.2, -0.15) is 0 Å². The summed E-state index contributed by atoms with van der Waals surface area (Å²) >= 11 is 0. The standard InChI is InChI=1S/C27H20N2O5/c30-27(21-13-7-15-25(28(31)32)23(21)17-19-9-3-1-4-10-19)22-14-8-16-26(29(33)34)24(22)18-20-11-5-2-6-12-20/h1-16H,17-18H2. The second-order valence-corrected chi connectivity index (χ2v) is 7.77. The van der Waals surface area contributed by atoms with Crippen molar-refractivity contribution >= 4 is 17.2 Å². The zero-order valence-corrected chi connectivity index (χ0v) is 18.1. The van der Waals surface area contributed by atoms with Crippen molar-refractivity contribution in [2.24, 2.45) is 0 Å². The summed E-state index contributed by atoms with van der Waals surface area (Å²) in [6.07, 6.45) is 0.365. The monoisotopic (exact) mass is 452 g/mol. The average molecular weight is 452 g/mol. The first-order chi connectivity index (χ1) is 16.5. The van der Waals surface area contributed by atoms with Gasteiger partial charge in [0.1, 0.15) is 0 Å². The summed E-state index contributed by atoms with van der Waals surface area (Å²) < 4.78 is 0. The van der Waals surface area contributed by atoms with Gasteiger partial charge in [0.25, 0.3) is 11.4 Å². The second kappa shape index (κ2) is 9.87. The van der Waals surface area contributed by atoms with Gasteiger partial charge in [0.2, 0.25) is 0 Å². The first kappa shape index (κ1) is 22.5. The lowest BCUT2D eigenvalue weighted by molar-refractivity contribution is -0.385. The molecular weight excluding hydrogens is 432 g/mol. The van der Waals surface area contributed by atoms with E-state index in [0.29, 0.717) is 0 Å². The number of benzene rings is 4. The number of rotatable bonds is 8. The minimum absolute atomic E-state index is 0.160. The van der Waals surface area contributed by atoms with Gasteiger partial charge in [-0.25, -0.2) is 0 Å². The molecule has 0 spiro atoms. The van der Waals surface area contributed by atoms with Gasteiger partial charge in [0, 0.05) is 47.2 Å². The highest BCUT2D eigenvalue weighted by molar-refractivity contribution is 6.12. The molecule has 7 heteroatoms. The van der Waals surface area contributed by atoms with Crippen molar-refractivity contribution in [2.75, 3.05) is 0 Å². The van der Waals surface area contributed by atoms with Crippen LogP contribution in [0.3, 0.4) is 0 Å². The third-order valence-corrected chi connectivity index (χ3v) is 5.63. The van der Waals surface area contributed by atoms with Crippen molar-refractivity contribution in [2.45, 2.75) is 12.8 Å². The van der Waals surface area contributed by atoms with E-state index in [1.165, 1.54) is 24.3 Å². The van der Waals surface area contributed by atoms with Crippen LogP contribution in [0.2, 0.25) is 0 Å². The van der Waals surface area contributed by atoms with E-state index in [4.69, 9.17) is 0 Å². The molecule has 7 nitrogen and oxygen atoms in total. The molecule has 4 rings (SSSR count). The van der Waals surface area contributed by atoms with Crippen LogP contribution in [0.15, 0.2) is 97.1 Å². The van der Waals surface area contributed by atoms with E-state index in [-0.39, 0.29) is 46.5 Å². The van der Waals surface area contributed by atoms with Crippen molar-refractivity contribution in [3.8, 4) is 0 Å². The minimum Gasteiger partial charge on any atom is -0.289 e. The molecule has 0 aliphatic heterocycles. The van der Waals surface area contributed by atoms with Gasteiger partial charge < -0.3 is 0 Å². The molecule has 0 fully saturated rings. The molecule has 0 unspecified atom stereocenters. The van der Waals surface area contributed by atoms with Gasteiger partial charge in [-0.05, 0) is 11.1 Å². The summed E-state index contributed by atoms with van der Waals surface area (Å²) in [6, 6.07) is 27.1. The Labute approximate surface area is 195 Å². The number of nitrogens with zero attached hydrogens (tertiary/aromatic N) is 2. The first-order valence-corrected chi connectivity index (χ1v) is 10.6. The summed E-state index contributed by atoms with van der Waals surface area (Å²) in [7, 11) is 0. The predicted octanol–water partition coefficient (Wildman–Crippen LogP) is 5.92. The Morgan fingerprint density at radius 2 is 0.941 bits per heavy atom. The third-order valence-electron chi connectivity index (χ3n) is 5.63. The van der Waals surface area contributed by atoms with Gasteiger partial charge >= 0.3 is 0 Å². The average Bonchev–Trinajstić information content (AvgIpc) is 2.85. The maximum Gasteiger partial charge on any atom is 0.273 e. The smallest absolute Gasteiger partial charge is 0.273 e. The van der Waals surface area contributed by atoms with Gasteiger partial charge in [-0.3, -0.25) is 25.0 Å². The molecule has 0 aromatic heterocycles. The summed E-state index contributed by atoms with van der Waals surface area (Å²) in [5.41, 5.74) is 2.18. The van der Waals surface area contributed by atoms with E-state index < -0.39 is 15.6 Å². The molecule has 34 heavy (non-hydrogen) atoms. The van der Waals surface area contributed by atoms with Crippen LogP contribution in [0.4, 0.5) is 11.4 Å². The maximum absolute atomic E-state index is 13.8. The fourth-order valence-electron chi connectivity index (χ4n) is 4.03. The lowest BCUT2D eigenvalue weighted by atomic mass is 9.89. The third kappa shape index (κ3) is 4.73. The van der Waals surface area contributed by atoms with Crippen LogP contribution >= 0.6 is 0 Å². The molecule has 0 saturated carbocycles. The van der Waals surface area contributed by atoms with Gasteiger partial charge in [0.05, 0.1) is 9.85 Å². The van der Waals surface area contributed by atoms with Crippen LogP contribution in [0.5, 0.6) is 0 Å². The zero-order chi connectivity index (χ0) is 24.1. The van der Waals surface area contributed by atoms with Gasteiger partial charge in [0.15, 0.2) is 5.78 Å². The second-order valence-electron chi connectivity index (χ2n) is 7.77. The van der Waals surface area contributed by atoms with E-state index >= 15 is 0 Å². The number of carbonyl (C=O) groups is 1. The molecule has 0 N–H and O–H groups in total. The lowest BCUT2D eigenvalue weighted by Gasteiger charge is -2.13. The number of hydrogen-bond donors (Lipinski definition) is 0. The molecule has 0 amide bonds. The topological polar surface area (TPSA) is 103 Å². The summed E-state index contributed by atoms with van der Waals surface area (Å²) in [6.45, 7) is 0. The quantitative estimate of drug-likeness (QED) is 0.188. The molecule has 0 aliphatic rings. The number of carbonyl (C=O) groups excluding carboxylic acids is 1. The van der Waals surface area contributed by atoms with Crippen LogP contribution in [0.1, 0.15) is 38.2 Å². The fraction of sp³-hybridized carbons (Fsp3) is 0.0741. The van der Waals surface area contributed by atoms with E-state index in [9.17, 15) is 25.0 Å². The normalized spacial score (nSPS) is 10.6. The van der Waals surface area contributed by atoms with Crippen LogP contribution in [-0.4, -0.2) is 15.6 Å². The van der Waals surface area contributed by atoms with Crippen molar-refractivity contribution < 1.29 is 14.6 Å². The molecule has 0 atom stereocenters. The summed E-state index contributed by atoms with van der Waals surface area (Å²) in [4.78, 5) is 36.3. The molecule has 0 bridgehead atoms. The highest BCUT2D eigenvalue weighted by Crippen LogP contribution is 2.31. The Balaban J connectivity index is 1.86. The van der Waals surface area contributed by atoms with Crippen LogP contribution in [0.25, 0.3) is 0 Å². The van der Waals surface area contributed by atoms with Crippen molar-refractivity contribution in [3.05, 3.63) is 151 Å². The Bertz CT molecular complexity index is 1260. The van der Waals surface area contributed by atoms with E-state index in [2.05, 4.69) is 0 Å². The number of ketones is 1. The van der Waals surface area contributed by atoms with E-state index in [1.807, 2.05) is 60.7 Å². The Morgan fingerprint density at radius 3 is 1.29 bits per heavy atom. The first-order valence-electron chi connectivity index (χ1n) is 10.6. The van der Waals surface area contributed by atoms with Crippen LogP contribution in [-0.2, 0) is 12.8 Å². The maximum atomic E-state index is 13.8. The zero-order valence-electron chi connectivity index (χ0n) is 18.1. The van der Waals surface area contributed by atoms with E-state index in [1.54, 1.807) is 12.1 Å². The molecule has 168 valence electrons. The molecule has 0 aliphatic carbocycles. The van der Waals surface area contributed by atoms with Crippen molar-refractivity contribution in [1.29, 1.82) is 0 Å². The SMILES string of the molecule is O=C(c1cccc([N+](=O)[O-])c1Cc1ccccc1)c1cccc([N+](=O)[O-])c1Cc1ccccc1.